The van der Waals surface area contributed by atoms with Gasteiger partial charge in [0.25, 0.3) is 0 Å². The van der Waals surface area contributed by atoms with Gasteiger partial charge in [0.2, 0.25) is 0 Å². The highest BCUT2D eigenvalue weighted by atomic mass is 15.0. The highest BCUT2D eigenvalue weighted by Gasteiger charge is 2.38. The van der Waals surface area contributed by atoms with Crippen molar-refractivity contribution in [1.82, 2.24) is 9.13 Å². The minimum absolute atomic E-state index is 0.129. The third-order valence-corrected chi connectivity index (χ3v) is 10.3. The maximum atomic E-state index is 2.53. The topological polar surface area (TPSA) is 9.86 Å². The van der Waals surface area contributed by atoms with Gasteiger partial charge in [-0.25, -0.2) is 0 Å². The number of hydrogen-bond acceptors (Lipinski definition) is 0. The minimum atomic E-state index is -0.129. The molecule has 2 nitrogen and oxygen atoms in total. The van der Waals surface area contributed by atoms with E-state index in [0.717, 1.165) is 0 Å². The SMILES string of the molecule is CC1(C)c2ccccc2-c2ccc3c4c5ccccc5ccc4n(-c4ccc(-n5c6ccccc6c6ccccc65)cc4)c3c21. The zero-order chi connectivity index (χ0) is 29.9. The van der Waals surface area contributed by atoms with Crippen LogP contribution in [0.1, 0.15) is 25.0 Å². The zero-order valence-corrected chi connectivity index (χ0v) is 25.3. The molecule has 2 aromatic heterocycles. The van der Waals surface area contributed by atoms with E-state index in [1.165, 1.54) is 88.0 Å². The summed E-state index contributed by atoms with van der Waals surface area (Å²) in [6.45, 7) is 4.78. The first-order valence-corrected chi connectivity index (χ1v) is 15.8. The zero-order valence-electron chi connectivity index (χ0n) is 25.3. The lowest BCUT2D eigenvalue weighted by Crippen LogP contribution is -2.16. The first-order chi connectivity index (χ1) is 22.1. The van der Waals surface area contributed by atoms with E-state index >= 15 is 0 Å². The molecule has 0 spiro atoms. The third kappa shape index (κ3) is 3.18. The molecule has 0 N–H and O–H groups in total. The molecule has 0 unspecified atom stereocenters. The van der Waals surface area contributed by atoms with Crippen molar-refractivity contribution in [2.75, 3.05) is 0 Å². The van der Waals surface area contributed by atoms with Crippen LogP contribution in [0.25, 0.3) is 76.9 Å². The largest absolute Gasteiger partial charge is 0.309 e. The van der Waals surface area contributed by atoms with Crippen LogP contribution in [0.15, 0.2) is 146 Å². The number of fused-ring (bicyclic) bond motifs is 12. The summed E-state index contributed by atoms with van der Waals surface area (Å²) >= 11 is 0. The fourth-order valence-corrected chi connectivity index (χ4v) is 8.35. The van der Waals surface area contributed by atoms with Crippen LogP contribution in [-0.4, -0.2) is 9.13 Å². The predicted molar refractivity (Wildman–Crippen MR) is 190 cm³/mol. The molecule has 2 heteroatoms. The second-order valence-electron chi connectivity index (χ2n) is 13.0. The Morgan fingerprint density at radius 1 is 0.422 bits per heavy atom. The molecule has 10 rings (SSSR count). The van der Waals surface area contributed by atoms with Crippen LogP contribution in [0.4, 0.5) is 0 Å². The van der Waals surface area contributed by atoms with Gasteiger partial charge in [-0.3, -0.25) is 0 Å². The third-order valence-electron chi connectivity index (χ3n) is 10.3. The van der Waals surface area contributed by atoms with Crippen molar-refractivity contribution in [3.8, 4) is 22.5 Å². The molecular weight excluding hydrogens is 544 g/mol. The monoisotopic (exact) mass is 574 g/mol. The summed E-state index contributed by atoms with van der Waals surface area (Å²) in [5.41, 5.74) is 12.7. The maximum Gasteiger partial charge on any atom is 0.0588 e. The Hall–Kier alpha value is -5.60. The fraction of sp³-hybridized carbons (Fsp3) is 0.0698. The molecule has 1 aliphatic rings. The Bertz CT molecular complexity index is 2610. The van der Waals surface area contributed by atoms with Crippen LogP contribution >= 0.6 is 0 Å². The smallest absolute Gasteiger partial charge is 0.0588 e. The van der Waals surface area contributed by atoms with E-state index in [9.17, 15) is 0 Å². The summed E-state index contributed by atoms with van der Waals surface area (Å²) < 4.78 is 4.92. The molecule has 0 radical (unpaired) electrons. The van der Waals surface area contributed by atoms with E-state index in [1.54, 1.807) is 0 Å². The lowest BCUT2D eigenvalue weighted by Gasteiger charge is -2.23. The lowest BCUT2D eigenvalue weighted by atomic mass is 9.81. The van der Waals surface area contributed by atoms with Gasteiger partial charge in [-0.05, 0) is 75.5 Å². The average Bonchev–Trinajstić information content (AvgIpc) is 3.69. The number of nitrogens with zero attached hydrogens (tertiary/aromatic N) is 2. The van der Waals surface area contributed by atoms with E-state index in [1.807, 2.05) is 0 Å². The molecule has 9 aromatic rings. The molecule has 0 saturated carbocycles. The van der Waals surface area contributed by atoms with Gasteiger partial charge in [0.05, 0.1) is 22.1 Å². The quantitative estimate of drug-likeness (QED) is 0.194. The standard InChI is InChI=1S/C43H30N2/c1-43(2)36-16-8-5-13-31(36)34-24-25-35-40-30-12-4-3-11-27(30)19-26-39(40)45(42(35)41(34)43)29-22-20-28(21-23-29)44-37-17-9-6-14-32(37)33-15-7-10-18-38(33)44/h3-26H,1-2H3. The van der Waals surface area contributed by atoms with Crippen molar-refractivity contribution >= 4 is 54.4 Å². The summed E-state index contributed by atoms with van der Waals surface area (Å²) in [7, 11) is 0. The van der Waals surface area contributed by atoms with Crippen molar-refractivity contribution in [1.29, 1.82) is 0 Å². The molecule has 0 atom stereocenters. The molecule has 45 heavy (non-hydrogen) atoms. The van der Waals surface area contributed by atoms with Crippen LogP contribution in [0, 0.1) is 0 Å². The lowest BCUT2D eigenvalue weighted by molar-refractivity contribution is 0.664. The summed E-state index contributed by atoms with van der Waals surface area (Å²) in [5, 5.41) is 7.77. The molecule has 0 aliphatic heterocycles. The fourth-order valence-electron chi connectivity index (χ4n) is 8.35. The number of benzene rings is 7. The van der Waals surface area contributed by atoms with Gasteiger partial charge >= 0.3 is 0 Å². The van der Waals surface area contributed by atoms with Crippen molar-refractivity contribution in [2.45, 2.75) is 19.3 Å². The molecule has 1 aliphatic carbocycles. The van der Waals surface area contributed by atoms with Crippen molar-refractivity contribution in [2.24, 2.45) is 0 Å². The minimum Gasteiger partial charge on any atom is -0.309 e. The second kappa shape index (κ2) is 8.74. The van der Waals surface area contributed by atoms with Gasteiger partial charge in [-0.1, -0.05) is 117 Å². The molecule has 0 bridgehead atoms. The molecule has 7 aromatic carbocycles. The number of rotatable bonds is 2. The Morgan fingerprint density at radius 2 is 1.02 bits per heavy atom. The van der Waals surface area contributed by atoms with E-state index in [4.69, 9.17) is 0 Å². The average molecular weight is 575 g/mol. The van der Waals surface area contributed by atoms with Crippen LogP contribution in [-0.2, 0) is 5.41 Å². The molecular formula is C43H30N2. The van der Waals surface area contributed by atoms with Gasteiger partial charge in [0.1, 0.15) is 0 Å². The van der Waals surface area contributed by atoms with Crippen LogP contribution in [0.3, 0.4) is 0 Å². The second-order valence-corrected chi connectivity index (χ2v) is 13.0. The first kappa shape index (κ1) is 24.8. The van der Waals surface area contributed by atoms with E-state index in [0.29, 0.717) is 0 Å². The Kier molecular flexibility index (Phi) is 4.82. The summed E-state index contributed by atoms with van der Waals surface area (Å²) in [6.07, 6.45) is 0. The van der Waals surface area contributed by atoms with Crippen LogP contribution in [0.5, 0.6) is 0 Å². The Balaban J connectivity index is 1.29. The molecule has 212 valence electrons. The highest BCUT2D eigenvalue weighted by molar-refractivity contribution is 6.23. The summed E-state index contributed by atoms with van der Waals surface area (Å²) in [4.78, 5) is 0. The molecule has 2 heterocycles. The summed E-state index contributed by atoms with van der Waals surface area (Å²) in [5.74, 6) is 0. The first-order valence-electron chi connectivity index (χ1n) is 15.8. The number of para-hydroxylation sites is 2. The maximum absolute atomic E-state index is 2.53. The van der Waals surface area contributed by atoms with Crippen molar-refractivity contribution in [3.63, 3.8) is 0 Å². The van der Waals surface area contributed by atoms with Gasteiger partial charge in [0.15, 0.2) is 0 Å². The normalized spacial score (nSPS) is 13.7. The number of aromatic nitrogens is 2. The molecule has 0 saturated heterocycles. The van der Waals surface area contributed by atoms with Gasteiger partial charge < -0.3 is 9.13 Å². The van der Waals surface area contributed by atoms with Crippen LogP contribution < -0.4 is 0 Å². The van der Waals surface area contributed by atoms with E-state index in [-0.39, 0.29) is 5.41 Å². The van der Waals surface area contributed by atoms with Gasteiger partial charge in [-0.2, -0.15) is 0 Å². The van der Waals surface area contributed by atoms with Gasteiger partial charge in [0, 0.05) is 38.3 Å². The van der Waals surface area contributed by atoms with Crippen molar-refractivity contribution < 1.29 is 0 Å². The van der Waals surface area contributed by atoms with E-state index in [2.05, 4.69) is 169 Å². The molecule has 0 amide bonds. The predicted octanol–water partition coefficient (Wildman–Crippen LogP) is 11.3. The van der Waals surface area contributed by atoms with Crippen LogP contribution in [0.2, 0.25) is 0 Å². The Labute approximate surface area is 261 Å². The highest BCUT2D eigenvalue weighted by Crippen LogP contribution is 2.53. The number of hydrogen-bond donors (Lipinski definition) is 0. The summed E-state index contributed by atoms with van der Waals surface area (Å²) in [6, 6.07) is 53.7. The molecule has 0 fully saturated rings. The Morgan fingerprint density at radius 3 is 1.76 bits per heavy atom. The van der Waals surface area contributed by atoms with Gasteiger partial charge in [-0.15, -0.1) is 0 Å². The van der Waals surface area contributed by atoms with E-state index < -0.39 is 0 Å². The van der Waals surface area contributed by atoms with Crippen molar-refractivity contribution in [3.05, 3.63) is 157 Å².